The summed E-state index contributed by atoms with van der Waals surface area (Å²) in [6, 6.07) is 10.1. The number of hydrogen-bond acceptors (Lipinski definition) is 3. The molecule has 0 amide bonds. The summed E-state index contributed by atoms with van der Waals surface area (Å²) in [5.41, 5.74) is 1.17. The molecule has 1 aromatic carbocycles. The fraction of sp³-hybridized carbons (Fsp3) is 0.500. The first-order valence-electron chi connectivity index (χ1n) is 7.58. The number of rotatable bonds is 4. The molecule has 3 heteroatoms. The van der Waals surface area contributed by atoms with Gasteiger partial charge in [0.05, 0.1) is 0 Å². The van der Waals surface area contributed by atoms with Gasteiger partial charge in [-0.15, -0.1) is 0 Å². The highest BCUT2D eigenvalue weighted by Gasteiger charge is 2.42. The van der Waals surface area contributed by atoms with E-state index in [1.165, 1.54) is 5.57 Å². The molecule has 2 rings (SSSR count). The minimum atomic E-state index is -0.736. The molecule has 0 saturated heterocycles. The lowest BCUT2D eigenvalue weighted by atomic mass is 9.90. The van der Waals surface area contributed by atoms with Crippen molar-refractivity contribution in [3.05, 3.63) is 47.5 Å². The second-order valence-corrected chi connectivity index (χ2v) is 6.65. The van der Waals surface area contributed by atoms with Crippen LogP contribution < -0.4 is 5.32 Å². The molecular weight excluding hydrogens is 262 g/mol. The van der Waals surface area contributed by atoms with Gasteiger partial charge in [0, 0.05) is 13.0 Å². The number of esters is 1. The second kappa shape index (κ2) is 6.02. The standard InChI is InChI=1S/C18H25NO2/c1-5-14-11-18(19-13-14,16(20)21-17(2,3)4)12-15-9-7-6-8-10-15/h6-11,19H,5,12-13H2,1-4H3/t18-/m0/s1. The Labute approximate surface area is 127 Å². The summed E-state index contributed by atoms with van der Waals surface area (Å²) in [6.07, 6.45) is 3.63. The predicted octanol–water partition coefficient (Wildman–Crippen LogP) is 3.25. The quantitative estimate of drug-likeness (QED) is 0.682. The normalized spacial score (nSPS) is 22.0. The summed E-state index contributed by atoms with van der Waals surface area (Å²) in [5.74, 6) is -0.192. The largest absolute Gasteiger partial charge is 0.458 e. The highest BCUT2D eigenvalue weighted by atomic mass is 16.6. The fourth-order valence-corrected chi connectivity index (χ4v) is 2.55. The molecule has 0 saturated carbocycles. The molecule has 3 nitrogen and oxygen atoms in total. The highest BCUT2D eigenvalue weighted by Crippen LogP contribution is 2.27. The van der Waals surface area contributed by atoms with Crippen LogP contribution in [0.2, 0.25) is 0 Å². The van der Waals surface area contributed by atoms with Crippen molar-refractivity contribution < 1.29 is 9.53 Å². The zero-order chi connectivity index (χ0) is 15.5. The monoisotopic (exact) mass is 287 g/mol. The van der Waals surface area contributed by atoms with Gasteiger partial charge in [-0.2, -0.15) is 0 Å². The van der Waals surface area contributed by atoms with Crippen molar-refractivity contribution in [2.24, 2.45) is 0 Å². The molecule has 0 unspecified atom stereocenters. The average molecular weight is 287 g/mol. The third-order valence-corrected chi connectivity index (χ3v) is 3.62. The van der Waals surface area contributed by atoms with E-state index in [2.05, 4.69) is 18.3 Å². The molecule has 114 valence electrons. The topological polar surface area (TPSA) is 38.3 Å². The van der Waals surface area contributed by atoms with E-state index in [0.717, 1.165) is 18.5 Å². The van der Waals surface area contributed by atoms with Crippen LogP contribution in [0.5, 0.6) is 0 Å². The number of nitrogens with one attached hydrogen (secondary N) is 1. The van der Waals surface area contributed by atoms with Crippen LogP contribution in [0.15, 0.2) is 42.0 Å². The molecule has 0 bridgehead atoms. The second-order valence-electron chi connectivity index (χ2n) is 6.65. The maximum atomic E-state index is 12.7. The van der Waals surface area contributed by atoms with Crippen LogP contribution in [0.4, 0.5) is 0 Å². The smallest absolute Gasteiger partial charge is 0.331 e. The molecular formula is C18H25NO2. The van der Waals surface area contributed by atoms with Gasteiger partial charge in [-0.05, 0) is 32.8 Å². The summed E-state index contributed by atoms with van der Waals surface area (Å²) >= 11 is 0. The number of benzene rings is 1. The van der Waals surface area contributed by atoms with Gasteiger partial charge in [-0.1, -0.05) is 48.9 Å². The third kappa shape index (κ3) is 3.94. The molecule has 21 heavy (non-hydrogen) atoms. The van der Waals surface area contributed by atoms with E-state index in [9.17, 15) is 4.79 Å². The van der Waals surface area contributed by atoms with E-state index in [0.29, 0.717) is 6.42 Å². The van der Waals surface area contributed by atoms with Crippen LogP contribution in [-0.2, 0) is 16.0 Å². The molecule has 0 radical (unpaired) electrons. The van der Waals surface area contributed by atoms with Crippen LogP contribution in [0.3, 0.4) is 0 Å². The number of ether oxygens (including phenoxy) is 1. The Kier molecular flexibility index (Phi) is 4.52. The molecule has 0 spiro atoms. The first-order chi connectivity index (χ1) is 9.85. The maximum Gasteiger partial charge on any atom is 0.331 e. The number of carbonyl (C=O) groups is 1. The Morgan fingerprint density at radius 2 is 1.95 bits per heavy atom. The lowest BCUT2D eigenvalue weighted by molar-refractivity contribution is -0.160. The van der Waals surface area contributed by atoms with Crippen LogP contribution in [0.1, 0.15) is 39.7 Å². The van der Waals surface area contributed by atoms with Gasteiger partial charge in [0.2, 0.25) is 0 Å². The van der Waals surface area contributed by atoms with E-state index >= 15 is 0 Å². The lowest BCUT2D eigenvalue weighted by Gasteiger charge is -2.30. The van der Waals surface area contributed by atoms with E-state index in [1.54, 1.807) is 0 Å². The van der Waals surface area contributed by atoms with Crippen LogP contribution in [0, 0.1) is 0 Å². The molecule has 1 N–H and O–H groups in total. The fourth-order valence-electron chi connectivity index (χ4n) is 2.55. The van der Waals surface area contributed by atoms with Gasteiger partial charge in [-0.25, -0.2) is 4.79 Å². The van der Waals surface area contributed by atoms with Crippen molar-refractivity contribution in [1.29, 1.82) is 0 Å². The van der Waals surface area contributed by atoms with Crippen molar-refractivity contribution >= 4 is 5.97 Å². The van der Waals surface area contributed by atoms with E-state index in [-0.39, 0.29) is 5.97 Å². The first-order valence-corrected chi connectivity index (χ1v) is 7.58. The van der Waals surface area contributed by atoms with Crippen LogP contribution in [0.25, 0.3) is 0 Å². The first kappa shape index (κ1) is 15.8. The summed E-state index contributed by atoms with van der Waals surface area (Å²) in [7, 11) is 0. The van der Waals surface area contributed by atoms with E-state index < -0.39 is 11.1 Å². The Balaban J connectivity index is 2.28. The molecule has 0 aliphatic carbocycles. The third-order valence-electron chi connectivity index (χ3n) is 3.62. The molecule has 1 aliphatic heterocycles. The number of carbonyl (C=O) groups excluding carboxylic acids is 1. The zero-order valence-corrected chi connectivity index (χ0v) is 13.4. The summed E-state index contributed by atoms with van der Waals surface area (Å²) < 4.78 is 5.64. The molecule has 1 aromatic rings. The van der Waals surface area contributed by atoms with Crippen LogP contribution >= 0.6 is 0 Å². The highest BCUT2D eigenvalue weighted by molar-refractivity contribution is 5.85. The summed E-state index contributed by atoms with van der Waals surface area (Å²) in [6.45, 7) is 8.57. The zero-order valence-electron chi connectivity index (χ0n) is 13.4. The lowest BCUT2D eigenvalue weighted by Crippen LogP contribution is -2.52. The maximum absolute atomic E-state index is 12.7. The van der Waals surface area contributed by atoms with Crippen molar-refractivity contribution in [3.63, 3.8) is 0 Å². The number of hydrogen-bond donors (Lipinski definition) is 1. The minimum absolute atomic E-state index is 0.192. The van der Waals surface area contributed by atoms with Gasteiger partial charge in [0.25, 0.3) is 0 Å². The predicted molar refractivity (Wildman–Crippen MR) is 85.1 cm³/mol. The Hall–Kier alpha value is -1.61. The molecule has 1 aliphatic rings. The SMILES string of the molecule is CCC1=C[C@](Cc2ccccc2)(C(=O)OC(C)(C)C)NC1. The summed E-state index contributed by atoms with van der Waals surface area (Å²) in [5, 5.41) is 3.37. The van der Waals surface area contributed by atoms with Gasteiger partial charge in [-0.3, -0.25) is 5.32 Å². The van der Waals surface area contributed by atoms with Crippen molar-refractivity contribution in [2.45, 2.75) is 51.7 Å². The van der Waals surface area contributed by atoms with Crippen molar-refractivity contribution in [3.8, 4) is 0 Å². The van der Waals surface area contributed by atoms with Gasteiger partial charge < -0.3 is 4.74 Å². The average Bonchev–Trinajstić information content (AvgIpc) is 2.83. The van der Waals surface area contributed by atoms with Crippen molar-refractivity contribution in [1.82, 2.24) is 5.32 Å². The Bertz CT molecular complexity index is 528. The Morgan fingerprint density at radius 3 is 2.48 bits per heavy atom. The minimum Gasteiger partial charge on any atom is -0.458 e. The molecule has 0 fully saturated rings. The van der Waals surface area contributed by atoms with Gasteiger partial charge >= 0.3 is 5.97 Å². The Morgan fingerprint density at radius 1 is 1.29 bits per heavy atom. The molecule has 1 atom stereocenters. The van der Waals surface area contributed by atoms with E-state index in [4.69, 9.17) is 4.74 Å². The van der Waals surface area contributed by atoms with Gasteiger partial charge in [0.1, 0.15) is 11.1 Å². The summed E-state index contributed by atoms with van der Waals surface area (Å²) in [4.78, 5) is 12.7. The van der Waals surface area contributed by atoms with Crippen LogP contribution in [-0.4, -0.2) is 23.7 Å². The molecule has 0 aromatic heterocycles. The molecule has 1 heterocycles. The van der Waals surface area contributed by atoms with E-state index in [1.807, 2.05) is 51.1 Å². The van der Waals surface area contributed by atoms with Crippen molar-refractivity contribution in [2.75, 3.05) is 6.54 Å². The van der Waals surface area contributed by atoms with Gasteiger partial charge in [0.15, 0.2) is 0 Å².